The first kappa shape index (κ1) is 11.8. The van der Waals surface area contributed by atoms with Gasteiger partial charge in [0.15, 0.2) is 0 Å². The second-order valence-electron chi connectivity index (χ2n) is 6.63. The first-order valence-electron chi connectivity index (χ1n) is 6.56. The van der Waals surface area contributed by atoms with Gasteiger partial charge in [-0.3, -0.25) is 0 Å². The maximum Gasteiger partial charge on any atom is 0.127 e. The Balaban J connectivity index is 1.79. The number of aromatic hydroxyl groups is 1. The highest BCUT2D eigenvalue weighted by Gasteiger charge is 2.65. The minimum atomic E-state index is 0.242. The molecule has 3 heteroatoms. The number of ether oxygens (including phenoxy) is 1. The molecule has 1 aliphatic heterocycles. The second kappa shape index (κ2) is 3.41. The predicted molar refractivity (Wildman–Crippen MR) is 70.8 cm³/mol. The van der Waals surface area contributed by atoms with Crippen molar-refractivity contribution in [2.45, 2.75) is 39.8 Å². The van der Waals surface area contributed by atoms with Gasteiger partial charge in [-0.1, -0.05) is 27.7 Å². The van der Waals surface area contributed by atoms with Gasteiger partial charge in [0.2, 0.25) is 0 Å². The van der Waals surface area contributed by atoms with Crippen LogP contribution in [-0.2, 0) is 0 Å². The van der Waals surface area contributed by atoms with Gasteiger partial charge in [0.05, 0.1) is 6.04 Å². The Bertz CT molecular complexity index is 479. The third-order valence-electron chi connectivity index (χ3n) is 5.17. The van der Waals surface area contributed by atoms with Gasteiger partial charge in [-0.15, -0.1) is 0 Å². The number of fused-ring (bicyclic) bond motifs is 1. The van der Waals surface area contributed by atoms with Gasteiger partial charge >= 0.3 is 0 Å². The molecule has 18 heavy (non-hydrogen) atoms. The van der Waals surface area contributed by atoms with Gasteiger partial charge in [-0.05, 0) is 23.0 Å². The molecule has 3 rings (SSSR count). The summed E-state index contributed by atoms with van der Waals surface area (Å²) in [6, 6.07) is 6.13. The average Bonchev–Trinajstić information content (AvgIpc) is 2.64. The molecule has 0 radical (unpaired) electrons. The molecule has 2 N–H and O–H groups in total. The van der Waals surface area contributed by atoms with Crippen LogP contribution in [0.15, 0.2) is 18.2 Å². The van der Waals surface area contributed by atoms with Gasteiger partial charge in [-0.25, -0.2) is 0 Å². The number of benzene rings is 1. The summed E-state index contributed by atoms with van der Waals surface area (Å²) in [5.41, 5.74) is 1.81. The predicted octanol–water partition coefficient (Wildman–Crippen LogP) is 2.85. The van der Waals surface area contributed by atoms with Crippen LogP contribution in [0.4, 0.5) is 0 Å². The van der Waals surface area contributed by atoms with E-state index in [0.29, 0.717) is 23.5 Å². The van der Waals surface area contributed by atoms with Crippen LogP contribution in [0.3, 0.4) is 0 Å². The molecule has 1 atom stereocenters. The van der Waals surface area contributed by atoms with Gasteiger partial charge < -0.3 is 15.2 Å². The van der Waals surface area contributed by atoms with Crippen molar-refractivity contribution >= 4 is 0 Å². The van der Waals surface area contributed by atoms with Gasteiger partial charge in [-0.2, -0.15) is 0 Å². The van der Waals surface area contributed by atoms with E-state index >= 15 is 0 Å². The van der Waals surface area contributed by atoms with E-state index in [1.54, 1.807) is 12.1 Å². The van der Waals surface area contributed by atoms with E-state index < -0.39 is 0 Å². The third-order valence-corrected chi connectivity index (χ3v) is 5.17. The normalized spacial score (nSPS) is 27.7. The fraction of sp³-hybridized carbons (Fsp3) is 0.600. The number of hydrogen-bond donors (Lipinski definition) is 2. The molecule has 1 aromatic rings. The summed E-state index contributed by atoms with van der Waals surface area (Å²) in [6.45, 7) is 9.87. The Morgan fingerprint density at radius 2 is 1.89 bits per heavy atom. The van der Waals surface area contributed by atoms with E-state index in [1.165, 1.54) is 0 Å². The lowest BCUT2D eigenvalue weighted by atomic mass is 10.0. The van der Waals surface area contributed by atoms with Crippen LogP contribution < -0.4 is 10.1 Å². The second-order valence-corrected chi connectivity index (χ2v) is 6.63. The molecule has 1 aliphatic carbocycles. The van der Waals surface area contributed by atoms with E-state index in [0.717, 1.165) is 11.3 Å². The highest BCUT2D eigenvalue weighted by Crippen LogP contribution is 2.63. The lowest BCUT2D eigenvalue weighted by Crippen LogP contribution is -2.28. The maximum absolute atomic E-state index is 9.44. The molecule has 3 nitrogen and oxygen atoms in total. The minimum absolute atomic E-state index is 0.242. The van der Waals surface area contributed by atoms with Crippen LogP contribution in [0.5, 0.6) is 11.5 Å². The SMILES string of the molecule is CC1(C)C(NC2COc3cc(O)ccc32)C1(C)C. The van der Waals surface area contributed by atoms with E-state index in [4.69, 9.17) is 4.74 Å². The lowest BCUT2D eigenvalue weighted by Gasteiger charge is -2.13. The van der Waals surface area contributed by atoms with Crippen LogP contribution >= 0.6 is 0 Å². The van der Waals surface area contributed by atoms with Crippen LogP contribution in [-0.4, -0.2) is 17.8 Å². The van der Waals surface area contributed by atoms with Crippen molar-refractivity contribution in [3.8, 4) is 11.5 Å². The molecule has 1 saturated carbocycles. The molecular formula is C15H21NO2. The zero-order valence-corrected chi connectivity index (χ0v) is 11.4. The number of nitrogens with one attached hydrogen (secondary N) is 1. The molecule has 1 heterocycles. The first-order valence-corrected chi connectivity index (χ1v) is 6.56. The molecule has 98 valence electrons. The Morgan fingerprint density at radius 1 is 1.22 bits per heavy atom. The largest absolute Gasteiger partial charge is 0.508 e. The number of rotatable bonds is 2. The average molecular weight is 247 g/mol. The maximum atomic E-state index is 9.44. The molecule has 0 bridgehead atoms. The summed E-state index contributed by atoms with van der Waals surface area (Å²) < 4.78 is 5.63. The molecule has 1 fully saturated rings. The topological polar surface area (TPSA) is 41.5 Å². The monoisotopic (exact) mass is 247 g/mol. The van der Waals surface area contributed by atoms with Gasteiger partial charge in [0.1, 0.15) is 18.1 Å². The smallest absolute Gasteiger partial charge is 0.127 e. The lowest BCUT2D eigenvalue weighted by molar-refractivity contribution is 0.302. The molecule has 0 saturated heterocycles. The van der Waals surface area contributed by atoms with Gasteiger partial charge in [0, 0.05) is 17.7 Å². The fourth-order valence-corrected chi connectivity index (χ4v) is 3.15. The van der Waals surface area contributed by atoms with E-state index in [9.17, 15) is 5.11 Å². The first-order chi connectivity index (χ1) is 8.34. The van der Waals surface area contributed by atoms with Crippen LogP contribution in [0.1, 0.15) is 39.3 Å². The Labute approximate surface area is 108 Å². The van der Waals surface area contributed by atoms with Crippen molar-refractivity contribution in [3.63, 3.8) is 0 Å². The van der Waals surface area contributed by atoms with Crippen molar-refractivity contribution in [1.82, 2.24) is 5.32 Å². The Hall–Kier alpha value is -1.22. The minimum Gasteiger partial charge on any atom is -0.508 e. The highest BCUT2D eigenvalue weighted by atomic mass is 16.5. The molecule has 2 aliphatic rings. The van der Waals surface area contributed by atoms with E-state index in [2.05, 4.69) is 33.0 Å². The summed E-state index contributed by atoms with van der Waals surface area (Å²) in [5.74, 6) is 1.07. The summed E-state index contributed by atoms with van der Waals surface area (Å²) in [7, 11) is 0. The summed E-state index contributed by atoms with van der Waals surface area (Å²) in [5, 5.41) is 13.1. The fourth-order valence-electron chi connectivity index (χ4n) is 3.15. The van der Waals surface area contributed by atoms with E-state index in [1.807, 2.05) is 6.07 Å². The zero-order chi connectivity index (χ0) is 13.1. The number of hydrogen-bond acceptors (Lipinski definition) is 3. The van der Waals surface area contributed by atoms with Crippen molar-refractivity contribution < 1.29 is 9.84 Å². The van der Waals surface area contributed by atoms with Crippen LogP contribution in [0.2, 0.25) is 0 Å². The van der Waals surface area contributed by atoms with Crippen molar-refractivity contribution in [2.24, 2.45) is 10.8 Å². The molecule has 1 unspecified atom stereocenters. The van der Waals surface area contributed by atoms with Gasteiger partial charge in [0.25, 0.3) is 0 Å². The van der Waals surface area contributed by atoms with Crippen LogP contribution in [0.25, 0.3) is 0 Å². The quantitative estimate of drug-likeness (QED) is 0.844. The standard InChI is InChI=1S/C15H21NO2/c1-14(2)13(15(14,3)4)16-11-8-18-12-7-9(17)5-6-10(11)12/h5-7,11,13,16-17H,8H2,1-4H3. The Morgan fingerprint density at radius 3 is 2.50 bits per heavy atom. The molecule has 1 aromatic carbocycles. The van der Waals surface area contributed by atoms with Crippen molar-refractivity contribution in [3.05, 3.63) is 23.8 Å². The number of phenolic OH excluding ortho intramolecular Hbond substituents is 1. The summed E-state index contributed by atoms with van der Waals surface area (Å²) in [6.07, 6.45) is 0. The van der Waals surface area contributed by atoms with Crippen molar-refractivity contribution in [2.75, 3.05) is 6.61 Å². The number of phenols is 1. The van der Waals surface area contributed by atoms with Crippen LogP contribution in [0, 0.1) is 10.8 Å². The van der Waals surface area contributed by atoms with Crippen molar-refractivity contribution in [1.29, 1.82) is 0 Å². The summed E-state index contributed by atoms with van der Waals surface area (Å²) >= 11 is 0. The molecular weight excluding hydrogens is 226 g/mol. The highest BCUT2D eigenvalue weighted by molar-refractivity contribution is 5.44. The molecule has 0 amide bonds. The molecule has 0 aromatic heterocycles. The Kier molecular flexibility index (Phi) is 2.25. The summed E-state index contributed by atoms with van der Waals surface area (Å²) in [4.78, 5) is 0. The zero-order valence-electron chi connectivity index (χ0n) is 11.4. The molecule has 0 spiro atoms. The third kappa shape index (κ3) is 1.46. The van der Waals surface area contributed by atoms with E-state index in [-0.39, 0.29) is 11.8 Å².